The highest BCUT2D eigenvalue weighted by Crippen LogP contribution is 2.36. The van der Waals surface area contributed by atoms with E-state index in [1.165, 1.54) is 17.0 Å². The largest absolute Gasteiger partial charge is 0.443 e. The van der Waals surface area contributed by atoms with Crippen molar-refractivity contribution < 1.29 is 13.9 Å². The molecule has 0 atom stereocenters. The monoisotopic (exact) mass is 294 g/mol. The van der Waals surface area contributed by atoms with E-state index in [9.17, 15) is 9.18 Å². The predicted molar refractivity (Wildman–Crippen MR) is 80.7 cm³/mol. The van der Waals surface area contributed by atoms with Crippen molar-refractivity contribution >= 4 is 11.8 Å². The van der Waals surface area contributed by atoms with E-state index in [1.807, 2.05) is 20.8 Å². The second kappa shape index (κ2) is 5.64. The van der Waals surface area contributed by atoms with Gasteiger partial charge in [0.2, 0.25) is 0 Å². The van der Waals surface area contributed by atoms with Crippen LogP contribution in [0.4, 0.5) is 14.9 Å². The first-order chi connectivity index (χ1) is 9.69. The van der Waals surface area contributed by atoms with Crippen LogP contribution in [0.25, 0.3) is 0 Å². The van der Waals surface area contributed by atoms with Gasteiger partial charge >= 0.3 is 6.09 Å². The van der Waals surface area contributed by atoms with Crippen LogP contribution in [-0.2, 0) is 4.74 Å². The van der Waals surface area contributed by atoms with Gasteiger partial charge in [0.05, 0.1) is 0 Å². The first-order valence-corrected chi connectivity index (χ1v) is 7.24. The van der Waals surface area contributed by atoms with Gasteiger partial charge in [0.25, 0.3) is 0 Å². The van der Waals surface area contributed by atoms with Crippen molar-refractivity contribution in [3.05, 3.63) is 30.1 Å². The predicted octanol–water partition coefficient (Wildman–Crippen LogP) is 3.45. The normalized spacial score (nSPS) is 16.4. The number of rotatable bonds is 4. The lowest BCUT2D eigenvalue weighted by Gasteiger charge is -2.28. The fraction of sp³-hybridized carbons (Fsp3) is 0.562. The molecule has 21 heavy (non-hydrogen) atoms. The van der Waals surface area contributed by atoms with Gasteiger partial charge in [-0.1, -0.05) is 0 Å². The minimum Gasteiger partial charge on any atom is -0.443 e. The minimum atomic E-state index is -0.574. The number of nitrogens with two attached hydrogens (primary N) is 1. The fourth-order valence-electron chi connectivity index (χ4n) is 2.01. The topological polar surface area (TPSA) is 55.6 Å². The number of carbonyl (C=O) groups is 1. The highest BCUT2D eigenvalue weighted by molar-refractivity contribution is 5.87. The summed E-state index contributed by atoms with van der Waals surface area (Å²) in [6.45, 7) is 5.92. The van der Waals surface area contributed by atoms with Crippen LogP contribution < -0.4 is 10.6 Å². The molecule has 0 aromatic heterocycles. The molecular formula is C16H23FN2O2. The Hall–Kier alpha value is -1.62. The first-order valence-electron chi connectivity index (χ1n) is 7.24. The molecule has 1 aromatic carbocycles. The molecular weight excluding hydrogens is 271 g/mol. The molecule has 0 saturated heterocycles. The zero-order valence-corrected chi connectivity index (χ0v) is 12.9. The van der Waals surface area contributed by atoms with Gasteiger partial charge in [-0.3, -0.25) is 4.90 Å². The van der Waals surface area contributed by atoms with E-state index < -0.39 is 11.7 Å². The van der Waals surface area contributed by atoms with E-state index in [-0.39, 0.29) is 11.4 Å². The Balaban J connectivity index is 2.12. The highest BCUT2D eigenvalue weighted by Gasteiger charge is 2.38. The van der Waals surface area contributed by atoms with Gasteiger partial charge in [-0.05, 0) is 64.3 Å². The molecule has 1 aromatic rings. The number of amides is 1. The quantitative estimate of drug-likeness (QED) is 0.925. The molecule has 5 heteroatoms. The van der Waals surface area contributed by atoms with Gasteiger partial charge in [0.15, 0.2) is 0 Å². The molecule has 2 N–H and O–H groups in total. The van der Waals surface area contributed by atoms with Crippen LogP contribution >= 0.6 is 0 Å². The summed E-state index contributed by atoms with van der Waals surface area (Å²) >= 11 is 0. The first kappa shape index (κ1) is 15.8. The molecule has 1 fully saturated rings. The summed E-state index contributed by atoms with van der Waals surface area (Å²) in [5.41, 5.74) is 5.98. The van der Waals surface area contributed by atoms with Gasteiger partial charge in [0, 0.05) is 17.8 Å². The fourth-order valence-corrected chi connectivity index (χ4v) is 2.01. The Morgan fingerprint density at radius 1 is 1.33 bits per heavy atom. The average Bonchev–Trinajstić information content (AvgIpc) is 3.08. The molecule has 2 rings (SSSR count). The van der Waals surface area contributed by atoms with Crippen molar-refractivity contribution in [3.63, 3.8) is 0 Å². The SMILES string of the molecule is CC(C)(C)OC(=O)N(CCC1(N)CC1)c1ccc(F)cc1. The van der Waals surface area contributed by atoms with Crippen LogP contribution in [0.1, 0.15) is 40.0 Å². The van der Waals surface area contributed by atoms with Gasteiger partial charge in [-0.15, -0.1) is 0 Å². The molecule has 1 aliphatic rings. The molecule has 0 bridgehead atoms. The maximum atomic E-state index is 13.1. The molecule has 116 valence electrons. The standard InChI is InChI=1S/C16H23FN2O2/c1-15(2,3)21-14(20)19(11-10-16(18)8-9-16)13-6-4-12(17)5-7-13/h4-7H,8-11,18H2,1-3H3. The second-order valence-electron chi connectivity index (χ2n) is 6.72. The summed E-state index contributed by atoms with van der Waals surface area (Å²) in [4.78, 5) is 13.9. The summed E-state index contributed by atoms with van der Waals surface area (Å²) in [5, 5.41) is 0. The minimum absolute atomic E-state index is 0.152. The summed E-state index contributed by atoms with van der Waals surface area (Å²) in [7, 11) is 0. The van der Waals surface area contributed by atoms with Crippen LogP contribution in [0.3, 0.4) is 0 Å². The van der Waals surface area contributed by atoms with Crippen LogP contribution in [0.2, 0.25) is 0 Å². The zero-order chi connectivity index (χ0) is 15.7. The molecule has 0 radical (unpaired) electrons. The second-order valence-corrected chi connectivity index (χ2v) is 6.72. The summed E-state index contributed by atoms with van der Waals surface area (Å²) < 4.78 is 18.5. The van der Waals surface area contributed by atoms with E-state index in [1.54, 1.807) is 12.1 Å². The van der Waals surface area contributed by atoms with Crippen molar-refractivity contribution in [3.8, 4) is 0 Å². The van der Waals surface area contributed by atoms with Crippen LogP contribution in [0.15, 0.2) is 24.3 Å². The molecule has 1 aliphatic carbocycles. The van der Waals surface area contributed by atoms with Crippen LogP contribution in [0.5, 0.6) is 0 Å². The van der Waals surface area contributed by atoms with E-state index in [0.29, 0.717) is 18.7 Å². The summed E-state index contributed by atoms with van der Waals surface area (Å²) in [6.07, 6.45) is 2.25. The lowest BCUT2D eigenvalue weighted by molar-refractivity contribution is 0.0579. The van der Waals surface area contributed by atoms with Crippen LogP contribution in [-0.4, -0.2) is 23.8 Å². The lowest BCUT2D eigenvalue weighted by atomic mass is 10.1. The van der Waals surface area contributed by atoms with E-state index in [0.717, 1.165) is 12.8 Å². The van der Waals surface area contributed by atoms with E-state index >= 15 is 0 Å². The highest BCUT2D eigenvalue weighted by atomic mass is 19.1. The van der Waals surface area contributed by atoms with Gasteiger partial charge in [-0.25, -0.2) is 9.18 Å². The number of hydrogen-bond acceptors (Lipinski definition) is 3. The molecule has 4 nitrogen and oxygen atoms in total. The van der Waals surface area contributed by atoms with Crippen molar-refractivity contribution in [2.24, 2.45) is 5.73 Å². The number of halogens is 1. The Bertz CT molecular complexity index is 504. The number of hydrogen-bond donors (Lipinski definition) is 1. The third-order valence-corrected chi connectivity index (χ3v) is 3.48. The molecule has 0 unspecified atom stereocenters. The van der Waals surface area contributed by atoms with Gasteiger partial charge < -0.3 is 10.5 Å². The number of anilines is 1. The Morgan fingerprint density at radius 3 is 2.38 bits per heavy atom. The third kappa shape index (κ3) is 4.70. The lowest BCUT2D eigenvalue weighted by Crippen LogP contribution is -2.39. The third-order valence-electron chi connectivity index (χ3n) is 3.48. The van der Waals surface area contributed by atoms with Crippen LogP contribution in [0, 0.1) is 5.82 Å². The average molecular weight is 294 g/mol. The maximum Gasteiger partial charge on any atom is 0.414 e. The van der Waals surface area contributed by atoms with Crippen molar-refractivity contribution in [1.29, 1.82) is 0 Å². The summed E-state index contributed by atoms with van der Waals surface area (Å²) in [6, 6.07) is 5.83. The van der Waals surface area contributed by atoms with Gasteiger partial charge in [-0.2, -0.15) is 0 Å². The molecule has 1 amide bonds. The van der Waals surface area contributed by atoms with Gasteiger partial charge in [0.1, 0.15) is 11.4 Å². The Kier molecular flexibility index (Phi) is 4.23. The number of benzene rings is 1. The molecule has 0 spiro atoms. The molecule has 1 saturated carbocycles. The zero-order valence-electron chi connectivity index (χ0n) is 12.9. The van der Waals surface area contributed by atoms with E-state index in [2.05, 4.69) is 0 Å². The number of nitrogens with zero attached hydrogens (tertiary/aromatic N) is 1. The number of carbonyl (C=O) groups excluding carboxylic acids is 1. The molecule has 0 aliphatic heterocycles. The molecule has 0 heterocycles. The van der Waals surface area contributed by atoms with Crippen molar-refractivity contribution in [1.82, 2.24) is 0 Å². The number of ether oxygens (including phenoxy) is 1. The summed E-state index contributed by atoms with van der Waals surface area (Å²) in [5.74, 6) is -0.333. The van der Waals surface area contributed by atoms with Crippen molar-refractivity contribution in [2.45, 2.75) is 51.2 Å². The van der Waals surface area contributed by atoms with E-state index in [4.69, 9.17) is 10.5 Å². The Morgan fingerprint density at radius 2 is 1.90 bits per heavy atom. The van der Waals surface area contributed by atoms with Crippen molar-refractivity contribution in [2.75, 3.05) is 11.4 Å². The maximum absolute atomic E-state index is 13.1. The Labute approximate surface area is 125 Å². The smallest absolute Gasteiger partial charge is 0.414 e.